The van der Waals surface area contributed by atoms with Crippen LogP contribution in [0.15, 0.2) is 4.90 Å². The molecule has 1 aromatic heterocycles. The average molecular weight is 336 g/mol. The molecule has 7 nitrogen and oxygen atoms in total. The lowest BCUT2D eigenvalue weighted by Crippen LogP contribution is -2.44. The molecule has 1 aliphatic heterocycles. The fraction of sp³-hybridized carbons (Fsp3) is 0.750. The molecule has 0 unspecified atom stereocenters. The van der Waals surface area contributed by atoms with Crippen LogP contribution in [0.25, 0.3) is 0 Å². The minimum Gasteiger partial charge on any atom is -0.314 e. The molecule has 1 aromatic rings. The molecule has 0 atom stereocenters. The van der Waals surface area contributed by atoms with Crippen LogP contribution in [0.1, 0.15) is 12.1 Å². The lowest BCUT2D eigenvalue weighted by molar-refractivity contribution is 0.239. The Balaban J connectivity index is 1.86. The molecule has 2 heterocycles. The Labute approximate surface area is 130 Å². The molecular formula is C12H22ClN5O2S. The van der Waals surface area contributed by atoms with Gasteiger partial charge in [-0.3, -0.25) is 4.68 Å². The van der Waals surface area contributed by atoms with Crippen LogP contribution in [-0.4, -0.2) is 62.4 Å². The van der Waals surface area contributed by atoms with Crippen molar-refractivity contribution >= 4 is 21.6 Å². The van der Waals surface area contributed by atoms with E-state index in [-0.39, 0.29) is 10.0 Å². The Kier molecular flexibility index (Phi) is 5.61. The number of hydrogen-bond donors (Lipinski definition) is 2. The van der Waals surface area contributed by atoms with E-state index < -0.39 is 10.0 Å². The molecule has 1 saturated heterocycles. The first-order valence-electron chi connectivity index (χ1n) is 7.03. The highest BCUT2D eigenvalue weighted by Crippen LogP contribution is 2.23. The number of sulfonamides is 1. The van der Waals surface area contributed by atoms with Crippen molar-refractivity contribution in [2.24, 2.45) is 7.05 Å². The molecule has 0 saturated carbocycles. The molecule has 9 heteroatoms. The zero-order chi connectivity index (χ0) is 15.5. The SMILES string of the molecule is Cc1nn(C)c(Cl)c1S(=O)(=O)NCCCN1CCNCC1. The van der Waals surface area contributed by atoms with Crippen LogP contribution < -0.4 is 10.0 Å². The van der Waals surface area contributed by atoms with E-state index >= 15 is 0 Å². The van der Waals surface area contributed by atoms with Crippen molar-refractivity contribution in [3.63, 3.8) is 0 Å². The second-order valence-corrected chi connectivity index (χ2v) is 7.23. The minimum absolute atomic E-state index is 0.0776. The summed E-state index contributed by atoms with van der Waals surface area (Å²) < 4.78 is 28.5. The molecule has 0 aromatic carbocycles. The number of rotatable bonds is 6. The van der Waals surface area contributed by atoms with Crippen molar-refractivity contribution in [1.82, 2.24) is 24.7 Å². The maximum absolute atomic E-state index is 12.3. The van der Waals surface area contributed by atoms with E-state index in [1.54, 1.807) is 14.0 Å². The first kappa shape index (κ1) is 16.7. The number of aromatic nitrogens is 2. The summed E-state index contributed by atoms with van der Waals surface area (Å²) in [5, 5.41) is 7.46. The number of nitrogens with zero attached hydrogens (tertiary/aromatic N) is 3. The Morgan fingerprint density at radius 1 is 1.38 bits per heavy atom. The largest absolute Gasteiger partial charge is 0.314 e. The second-order valence-electron chi connectivity index (χ2n) is 5.17. The van der Waals surface area contributed by atoms with Crippen LogP contribution in [0.5, 0.6) is 0 Å². The number of nitrogens with one attached hydrogen (secondary N) is 2. The van der Waals surface area contributed by atoms with Crippen LogP contribution in [0.4, 0.5) is 0 Å². The maximum Gasteiger partial charge on any atom is 0.245 e. The van der Waals surface area contributed by atoms with Gasteiger partial charge in [0, 0.05) is 39.8 Å². The fourth-order valence-corrected chi connectivity index (χ4v) is 4.25. The third-order valence-corrected chi connectivity index (χ3v) is 5.68. The summed E-state index contributed by atoms with van der Waals surface area (Å²) in [7, 11) is -1.98. The average Bonchev–Trinajstić information content (AvgIpc) is 2.70. The highest BCUT2D eigenvalue weighted by Gasteiger charge is 2.24. The molecule has 2 N–H and O–H groups in total. The van der Waals surface area contributed by atoms with E-state index in [1.165, 1.54) is 4.68 Å². The molecular weight excluding hydrogens is 314 g/mol. The number of piperazine rings is 1. The molecule has 0 spiro atoms. The van der Waals surface area contributed by atoms with Gasteiger partial charge in [-0.15, -0.1) is 0 Å². The third-order valence-electron chi connectivity index (χ3n) is 3.52. The smallest absolute Gasteiger partial charge is 0.245 e. The summed E-state index contributed by atoms with van der Waals surface area (Å²) >= 11 is 6.00. The van der Waals surface area contributed by atoms with Gasteiger partial charge in [0.05, 0.1) is 5.69 Å². The monoisotopic (exact) mass is 335 g/mol. The quantitative estimate of drug-likeness (QED) is 0.713. The van der Waals surface area contributed by atoms with Crippen molar-refractivity contribution in [3.8, 4) is 0 Å². The van der Waals surface area contributed by atoms with Gasteiger partial charge in [-0.2, -0.15) is 5.10 Å². The predicted octanol–water partition coefficient (Wildman–Crippen LogP) is -0.0445. The number of halogens is 1. The Bertz CT molecular complexity index is 581. The molecule has 0 bridgehead atoms. The van der Waals surface area contributed by atoms with Gasteiger partial charge in [-0.25, -0.2) is 13.1 Å². The van der Waals surface area contributed by atoms with Crippen LogP contribution >= 0.6 is 11.6 Å². The van der Waals surface area contributed by atoms with Crippen molar-refractivity contribution in [1.29, 1.82) is 0 Å². The first-order valence-corrected chi connectivity index (χ1v) is 8.90. The van der Waals surface area contributed by atoms with E-state index in [0.717, 1.165) is 39.1 Å². The maximum atomic E-state index is 12.3. The summed E-state index contributed by atoms with van der Waals surface area (Å²) in [6.07, 6.45) is 0.774. The number of aryl methyl sites for hydroxylation is 2. The number of hydrogen-bond acceptors (Lipinski definition) is 5. The highest BCUT2D eigenvalue weighted by molar-refractivity contribution is 7.89. The van der Waals surface area contributed by atoms with Gasteiger partial charge < -0.3 is 10.2 Å². The molecule has 2 rings (SSSR count). The lowest BCUT2D eigenvalue weighted by Gasteiger charge is -2.27. The van der Waals surface area contributed by atoms with E-state index in [2.05, 4.69) is 20.0 Å². The Morgan fingerprint density at radius 2 is 2.05 bits per heavy atom. The Morgan fingerprint density at radius 3 is 2.62 bits per heavy atom. The summed E-state index contributed by atoms with van der Waals surface area (Å²) in [6, 6.07) is 0. The van der Waals surface area contributed by atoms with E-state index in [0.29, 0.717) is 12.2 Å². The van der Waals surface area contributed by atoms with Gasteiger partial charge >= 0.3 is 0 Å². The van der Waals surface area contributed by atoms with Gasteiger partial charge in [-0.1, -0.05) is 11.6 Å². The summed E-state index contributed by atoms with van der Waals surface area (Å²) in [5.41, 5.74) is 0.414. The van der Waals surface area contributed by atoms with E-state index in [1.807, 2.05) is 0 Å². The third kappa shape index (κ3) is 4.17. The van der Waals surface area contributed by atoms with Crippen LogP contribution in [0.2, 0.25) is 5.15 Å². The van der Waals surface area contributed by atoms with Crippen LogP contribution in [-0.2, 0) is 17.1 Å². The van der Waals surface area contributed by atoms with Gasteiger partial charge in [0.2, 0.25) is 10.0 Å². The summed E-state index contributed by atoms with van der Waals surface area (Å²) in [5.74, 6) is 0. The van der Waals surface area contributed by atoms with Gasteiger partial charge in [-0.05, 0) is 19.9 Å². The van der Waals surface area contributed by atoms with Crippen LogP contribution in [0.3, 0.4) is 0 Å². The van der Waals surface area contributed by atoms with Gasteiger partial charge in [0.15, 0.2) is 0 Å². The van der Waals surface area contributed by atoms with Gasteiger partial charge in [0.25, 0.3) is 0 Å². The van der Waals surface area contributed by atoms with Crippen molar-refractivity contribution in [3.05, 3.63) is 10.8 Å². The van der Waals surface area contributed by atoms with Gasteiger partial charge in [0.1, 0.15) is 10.0 Å². The summed E-state index contributed by atoms with van der Waals surface area (Å²) in [6.45, 7) is 6.95. The minimum atomic E-state index is -3.60. The van der Waals surface area contributed by atoms with Crippen molar-refractivity contribution < 1.29 is 8.42 Å². The fourth-order valence-electron chi connectivity index (χ4n) is 2.43. The standard InChI is InChI=1S/C12H22ClN5O2S/c1-10-11(12(13)17(2)16-10)21(19,20)15-4-3-7-18-8-5-14-6-9-18/h14-15H,3-9H2,1-2H3. The molecule has 0 radical (unpaired) electrons. The summed E-state index contributed by atoms with van der Waals surface area (Å²) in [4.78, 5) is 2.40. The first-order chi connectivity index (χ1) is 9.92. The molecule has 120 valence electrons. The lowest BCUT2D eigenvalue weighted by atomic mass is 10.3. The van der Waals surface area contributed by atoms with E-state index in [9.17, 15) is 8.42 Å². The van der Waals surface area contributed by atoms with Crippen molar-refractivity contribution in [2.45, 2.75) is 18.2 Å². The zero-order valence-electron chi connectivity index (χ0n) is 12.4. The van der Waals surface area contributed by atoms with Crippen LogP contribution in [0, 0.1) is 6.92 Å². The second kappa shape index (κ2) is 7.06. The molecule has 21 heavy (non-hydrogen) atoms. The highest BCUT2D eigenvalue weighted by atomic mass is 35.5. The predicted molar refractivity (Wildman–Crippen MR) is 82.1 cm³/mol. The topological polar surface area (TPSA) is 79.3 Å². The molecule has 0 amide bonds. The van der Waals surface area contributed by atoms with E-state index in [4.69, 9.17) is 11.6 Å². The molecule has 1 aliphatic rings. The normalized spacial score (nSPS) is 17.3. The molecule has 0 aliphatic carbocycles. The van der Waals surface area contributed by atoms with Crippen molar-refractivity contribution in [2.75, 3.05) is 39.3 Å². The Hall–Kier alpha value is -0.670. The zero-order valence-corrected chi connectivity index (χ0v) is 14.0. The molecule has 1 fully saturated rings.